The van der Waals surface area contributed by atoms with Crippen molar-refractivity contribution in [1.29, 1.82) is 0 Å². The maximum atomic E-state index is 14.2. The Balaban J connectivity index is 1.72. The van der Waals surface area contributed by atoms with Crippen molar-refractivity contribution in [2.75, 3.05) is 25.1 Å². The average molecular weight is 594 g/mol. The molecule has 1 aliphatic carbocycles. The average Bonchev–Trinajstić information content (AvgIpc) is 3.51. The van der Waals surface area contributed by atoms with Crippen LogP contribution >= 0.6 is 0 Å². The highest BCUT2D eigenvalue weighted by Gasteiger charge is 2.34. The highest BCUT2D eigenvalue weighted by molar-refractivity contribution is 7.92. The van der Waals surface area contributed by atoms with Gasteiger partial charge in [0.2, 0.25) is 11.8 Å². The molecule has 0 radical (unpaired) electrons. The number of anilines is 1. The molecule has 224 valence electrons. The molecule has 0 aliphatic heterocycles. The molecule has 3 aromatic carbocycles. The van der Waals surface area contributed by atoms with E-state index in [-0.39, 0.29) is 29.1 Å². The maximum absolute atomic E-state index is 14.2. The first-order valence-electron chi connectivity index (χ1n) is 14.1. The molecule has 3 aromatic rings. The van der Waals surface area contributed by atoms with Gasteiger partial charge in [0.05, 0.1) is 24.8 Å². The molecule has 4 rings (SSSR count). The minimum Gasteiger partial charge on any atom is -0.497 e. The smallest absolute Gasteiger partial charge is 0.264 e. The van der Waals surface area contributed by atoms with Gasteiger partial charge in [-0.1, -0.05) is 54.8 Å². The molecule has 0 aromatic heterocycles. The number of carbonyl (C=O) groups excluding carboxylic acids is 2. The first-order chi connectivity index (χ1) is 20.1. The molecule has 0 spiro atoms. The minimum atomic E-state index is -4.23. The Hall–Kier alpha value is -4.05. The number of hydrogen-bond donors (Lipinski definition) is 1. The van der Waals surface area contributed by atoms with Crippen LogP contribution in [0, 0.1) is 6.92 Å². The van der Waals surface area contributed by atoms with Crippen molar-refractivity contribution in [1.82, 2.24) is 10.2 Å². The fourth-order valence-corrected chi connectivity index (χ4v) is 6.63. The fraction of sp³-hybridized carbons (Fsp3) is 0.375. The van der Waals surface area contributed by atoms with Crippen LogP contribution < -0.4 is 19.1 Å². The van der Waals surface area contributed by atoms with Crippen molar-refractivity contribution in [3.63, 3.8) is 0 Å². The van der Waals surface area contributed by atoms with Crippen LogP contribution in [0.15, 0.2) is 77.7 Å². The Morgan fingerprint density at radius 1 is 0.952 bits per heavy atom. The number of aryl methyl sites for hydroxylation is 1. The summed E-state index contributed by atoms with van der Waals surface area (Å²) in [5.74, 6) is 0.0123. The molecule has 0 bridgehead atoms. The van der Waals surface area contributed by atoms with E-state index >= 15 is 0 Å². The normalized spacial score (nSPS) is 14.2. The number of amides is 2. The number of para-hydroxylation sites is 2. The van der Waals surface area contributed by atoms with Crippen LogP contribution in [0.4, 0.5) is 5.69 Å². The quantitative estimate of drug-likeness (QED) is 0.327. The number of hydrogen-bond acceptors (Lipinski definition) is 6. The van der Waals surface area contributed by atoms with Gasteiger partial charge in [0.1, 0.15) is 24.1 Å². The van der Waals surface area contributed by atoms with Crippen molar-refractivity contribution in [2.45, 2.75) is 63.1 Å². The second kappa shape index (κ2) is 13.7. The van der Waals surface area contributed by atoms with Gasteiger partial charge in [-0.05, 0) is 68.7 Å². The Morgan fingerprint density at radius 3 is 2.29 bits per heavy atom. The monoisotopic (exact) mass is 593 g/mol. The van der Waals surface area contributed by atoms with Gasteiger partial charge in [-0.3, -0.25) is 13.9 Å². The summed E-state index contributed by atoms with van der Waals surface area (Å²) in [4.78, 5) is 29.0. The fourth-order valence-electron chi connectivity index (χ4n) is 5.21. The largest absolute Gasteiger partial charge is 0.497 e. The SMILES string of the molecule is COc1ccc(S(=O)(=O)N(CC(=O)N(Cc2cccc(C)c2)[C@H](C)C(=O)NC2CCCC2)c2ccccc2OC)cc1. The van der Waals surface area contributed by atoms with Crippen molar-refractivity contribution in [3.8, 4) is 11.5 Å². The van der Waals surface area contributed by atoms with Gasteiger partial charge in [-0.15, -0.1) is 0 Å². The molecule has 1 aliphatic rings. The Labute approximate surface area is 248 Å². The van der Waals surface area contributed by atoms with E-state index in [1.165, 1.54) is 31.3 Å². The van der Waals surface area contributed by atoms with Crippen LogP contribution in [-0.4, -0.2) is 58.0 Å². The summed E-state index contributed by atoms with van der Waals surface area (Å²) in [5, 5.41) is 3.08. The van der Waals surface area contributed by atoms with Crippen molar-refractivity contribution in [2.24, 2.45) is 0 Å². The van der Waals surface area contributed by atoms with Crippen LogP contribution in [0.25, 0.3) is 0 Å². The zero-order chi connectivity index (χ0) is 30.3. The van der Waals surface area contributed by atoms with Crippen LogP contribution in [-0.2, 0) is 26.2 Å². The summed E-state index contributed by atoms with van der Waals surface area (Å²) in [6.45, 7) is 3.24. The van der Waals surface area contributed by atoms with Crippen LogP contribution in [0.5, 0.6) is 11.5 Å². The summed E-state index contributed by atoms with van der Waals surface area (Å²) in [7, 11) is -1.30. The molecule has 0 unspecified atom stereocenters. The summed E-state index contributed by atoms with van der Waals surface area (Å²) >= 11 is 0. The van der Waals surface area contributed by atoms with E-state index in [0.717, 1.165) is 41.1 Å². The molecule has 1 N–H and O–H groups in total. The molecule has 2 amide bonds. The number of rotatable bonds is 12. The predicted molar refractivity (Wildman–Crippen MR) is 162 cm³/mol. The van der Waals surface area contributed by atoms with Crippen molar-refractivity contribution < 1.29 is 27.5 Å². The van der Waals surface area contributed by atoms with Gasteiger partial charge in [-0.25, -0.2) is 8.42 Å². The van der Waals surface area contributed by atoms with Crippen molar-refractivity contribution >= 4 is 27.5 Å². The highest BCUT2D eigenvalue weighted by Crippen LogP contribution is 2.33. The lowest BCUT2D eigenvalue weighted by molar-refractivity contribution is -0.139. The molecule has 10 heteroatoms. The van der Waals surface area contributed by atoms with Gasteiger partial charge in [-0.2, -0.15) is 0 Å². The number of carbonyl (C=O) groups is 2. The van der Waals surface area contributed by atoms with E-state index in [1.807, 2.05) is 31.2 Å². The molecule has 0 heterocycles. The van der Waals surface area contributed by atoms with Crippen LogP contribution in [0.2, 0.25) is 0 Å². The molecular formula is C32H39N3O6S. The Bertz CT molecular complexity index is 1490. The minimum absolute atomic E-state index is 0.0146. The van der Waals surface area contributed by atoms with Crippen LogP contribution in [0.1, 0.15) is 43.7 Å². The predicted octanol–water partition coefficient (Wildman–Crippen LogP) is 4.68. The van der Waals surface area contributed by atoms with E-state index in [9.17, 15) is 18.0 Å². The van der Waals surface area contributed by atoms with Crippen molar-refractivity contribution in [3.05, 3.63) is 83.9 Å². The van der Waals surface area contributed by atoms with E-state index in [2.05, 4.69) is 5.32 Å². The van der Waals surface area contributed by atoms with E-state index in [4.69, 9.17) is 9.47 Å². The van der Waals surface area contributed by atoms with Gasteiger partial charge in [0, 0.05) is 12.6 Å². The van der Waals surface area contributed by atoms with Gasteiger partial charge < -0.3 is 19.7 Å². The summed E-state index contributed by atoms with van der Waals surface area (Å²) < 4.78 is 39.9. The lowest BCUT2D eigenvalue weighted by Crippen LogP contribution is -2.52. The third-order valence-corrected chi connectivity index (χ3v) is 9.36. The van der Waals surface area contributed by atoms with Gasteiger partial charge >= 0.3 is 0 Å². The van der Waals surface area contributed by atoms with Gasteiger partial charge in [0.15, 0.2) is 0 Å². The third-order valence-electron chi connectivity index (χ3n) is 7.58. The van der Waals surface area contributed by atoms with E-state index in [1.54, 1.807) is 43.3 Å². The zero-order valence-electron chi connectivity index (χ0n) is 24.6. The molecule has 1 fully saturated rings. The molecule has 1 saturated carbocycles. The number of ether oxygens (including phenoxy) is 2. The molecule has 0 saturated heterocycles. The Kier molecular flexibility index (Phi) is 10.1. The highest BCUT2D eigenvalue weighted by atomic mass is 32.2. The molecule has 1 atom stereocenters. The lowest BCUT2D eigenvalue weighted by Gasteiger charge is -2.33. The summed E-state index contributed by atoms with van der Waals surface area (Å²) in [5.41, 5.74) is 2.06. The number of methoxy groups -OCH3 is 2. The number of nitrogens with one attached hydrogen (secondary N) is 1. The van der Waals surface area contributed by atoms with E-state index < -0.39 is 28.5 Å². The molecule has 42 heavy (non-hydrogen) atoms. The first-order valence-corrected chi connectivity index (χ1v) is 15.5. The third kappa shape index (κ3) is 7.23. The second-order valence-electron chi connectivity index (χ2n) is 10.5. The zero-order valence-corrected chi connectivity index (χ0v) is 25.4. The lowest BCUT2D eigenvalue weighted by atomic mass is 10.1. The van der Waals surface area contributed by atoms with Gasteiger partial charge in [0.25, 0.3) is 10.0 Å². The summed E-state index contributed by atoms with van der Waals surface area (Å²) in [6, 6.07) is 19.5. The maximum Gasteiger partial charge on any atom is 0.264 e. The first kappa shape index (κ1) is 30.9. The molecule has 9 nitrogen and oxygen atoms in total. The van der Waals surface area contributed by atoms with E-state index in [0.29, 0.717) is 11.5 Å². The summed E-state index contributed by atoms with van der Waals surface area (Å²) in [6.07, 6.45) is 3.93. The van der Waals surface area contributed by atoms with Crippen LogP contribution in [0.3, 0.4) is 0 Å². The number of benzene rings is 3. The Morgan fingerprint density at radius 2 is 1.64 bits per heavy atom. The molecular weight excluding hydrogens is 554 g/mol. The second-order valence-corrected chi connectivity index (χ2v) is 12.4. The standard InChI is InChI=1S/C32H39N3O6S/c1-23-10-9-11-25(20-23)21-34(24(2)32(37)33-26-12-5-6-13-26)31(36)22-35(29-14-7-8-15-30(29)41-4)42(38,39)28-18-16-27(40-3)17-19-28/h7-11,14-20,24,26H,5-6,12-13,21-22H2,1-4H3,(H,33,37)/t24-/m1/s1. The number of nitrogens with zero attached hydrogens (tertiary/aromatic N) is 2. The topological polar surface area (TPSA) is 105 Å². The number of sulfonamides is 1.